The molecule has 3 N–H and O–H groups in total. The first-order chi connectivity index (χ1) is 18.4. The van der Waals surface area contributed by atoms with E-state index in [9.17, 15) is 19.2 Å². The molecule has 12 heteroatoms. The number of Topliss-reactive ketones (excluding diaryl/α,β-unsaturated/α-hetero) is 1. The Labute approximate surface area is 218 Å². The Morgan fingerprint density at radius 2 is 2.16 bits per heavy atom. The number of H-pyrrole nitrogens is 1. The lowest BCUT2D eigenvalue weighted by Crippen LogP contribution is -2.51. The lowest BCUT2D eigenvalue weighted by molar-refractivity contribution is -0.141. The number of ketones is 1. The lowest BCUT2D eigenvalue weighted by atomic mass is 9.94. The van der Waals surface area contributed by atoms with Gasteiger partial charge in [0.15, 0.2) is 17.8 Å². The molecule has 3 aromatic rings. The van der Waals surface area contributed by atoms with Crippen LogP contribution in [0.5, 0.6) is 11.5 Å². The smallest absolute Gasteiger partial charge is 0.268 e. The molecule has 2 saturated heterocycles. The number of carbonyl (C=O) groups excluding carboxylic acids is 4. The third kappa shape index (κ3) is 4.93. The van der Waals surface area contributed by atoms with Gasteiger partial charge >= 0.3 is 0 Å². The van der Waals surface area contributed by atoms with Gasteiger partial charge in [0.2, 0.25) is 11.8 Å². The van der Waals surface area contributed by atoms with E-state index in [2.05, 4.69) is 20.8 Å². The molecule has 0 bridgehead atoms. The van der Waals surface area contributed by atoms with Crippen LogP contribution in [-0.4, -0.2) is 76.9 Å². The highest BCUT2D eigenvalue weighted by Gasteiger charge is 2.45. The third-order valence-electron chi connectivity index (χ3n) is 7.17. The maximum atomic E-state index is 13.6. The molecule has 2 aliphatic rings. The van der Waals surface area contributed by atoms with E-state index < -0.39 is 23.9 Å². The summed E-state index contributed by atoms with van der Waals surface area (Å²) in [6.07, 6.45) is 3.68. The standard InChI is InChI=1S/C26H29N5O7/c1-14-8-20(30-25(34)19-10-17-18(29-19)4-3-5-23(17)36-2)26(35)31(14)21(9-15-6-7-27-24(15)33)22(32)13-37-16-11-28-38-12-16/h3-5,10-12,14-15,20-21,29H,6-9,13H2,1-2H3,(H,27,33)(H,30,34). The van der Waals surface area contributed by atoms with Gasteiger partial charge in [0.05, 0.1) is 13.2 Å². The van der Waals surface area contributed by atoms with E-state index >= 15 is 0 Å². The van der Waals surface area contributed by atoms with Gasteiger partial charge in [-0.2, -0.15) is 0 Å². The number of rotatable bonds is 10. The van der Waals surface area contributed by atoms with Crippen LogP contribution in [0, 0.1) is 5.92 Å². The molecule has 2 aromatic heterocycles. The summed E-state index contributed by atoms with van der Waals surface area (Å²) in [4.78, 5) is 56.8. The molecule has 4 atom stereocenters. The van der Waals surface area contributed by atoms with Crippen molar-refractivity contribution in [2.24, 2.45) is 5.92 Å². The summed E-state index contributed by atoms with van der Waals surface area (Å²) in [5, 5.41) is 9.89. The second kappa shape index (κ2) is 10.6. The summed E-state index contributed by atoms with van der Waals surface area (Å²) in [6.45, 7) is 2.04. The van der Waals surface area contributed by atoms with E-state index in [0.717, 1.165) is 10.9 Å². The Bertz CT molecular complexity index is 1350. The lowest BCUT2D eigenvalue weighted by Gasteiger charge is -2.32. The van der Waals surface area contributed by atoms with E-state index in [4.69, 9.17) is 14.0 Å². The topological polar surface area (TPSA) is 156 Å². The molecule has 12 nitrogen and oxygen atoms in total. The molecule has 2 aliphatic heterocycles. The van der Waals surface area contributed by atoms with Crippen molar-refractivity contribution in [2.45, 2.75) is 44.3 Å². The van der Waals surface area contributed by atoms with Gasteiger partial charge < -0.3 is 34.5 Å². The maximum absolute atomic E-state index is 13.6. The zero-order chi connectivity index (χ0) is 26.8. The highest BCUT2D eigenvalue weighted by atomic mass is 16.5. The highest BCUT2D eigenvalue weighted by Crippen LogP contribution is 2.29. The monoisotopic (exact) mass is 523 g/mol. The Hall–Kier alpha value is -4.35. The number of nitrogens with zero attached hydrogens (tertiary/aromatic N) is 2. The van der Waals surface area contributed by atoms with Gasteiger partial charge in [-0.3, -0.25) is 19.2 Å². The van der Waals surface area contributed by atoms with E-state index in [1.54, 1.807) is 19.2 Å². The molecule has 200 valence electrons. The van der Waals surface area contributed by atoms with Crippen LogP contribution in [0.15, 0.2) is 41.2 Å². The summed E-state index contributed by atoms with van der Waals surface area (Å²) in [6, 6.07) is 5.07. The number of hydrogen-bond donors (Lipinski definition) is 3. The predicted molar refractivity (Wildman–Crippen MR) is 134 cm³/mol. The molecule has 0 saturated carbocycles. The molecule has 0 aliphatic carbocycles. The van der Waals surface area contributed by atoms with Crippen LogP contribution in [0.1, 0.15) is 36.7 Å². The molecular formula is C26H29N5O7. The molecule has 0 spiro atoms. The minimum Gasteiger partial charge on any atom is -0.496 e. The molecule has 38 heavy (non-hydrogen) atoms. The van der Waals surface area contributed by atoms with Crippen molar-refractivity contribution in [1.82, 2.24) is 25.7 Å². The van der Waals surface area contributed by atoms with Crippen LogP contribution in [0.25, 0.3) is 10.9 Å². The number of benzene rings is 1. The Balaban J connectivity index is 1.32. The van der Waals surface area contributed by atoms with E-state index in [1.807, 2.05) is 19.1 Å². The van der Waals surface area contributed by atoms with Crippen LogP contribution in [0.4, 0.5) is 0 Å². The average molecular weight is 524 g/mol. The van der Waals surface area contributed by atoms with Crippen LogP contribution in [0.3, 0.4) is 0 Å². The van der Waals surface area contributed by atoms with Crippen LogP contribution < -0.4 is 20.1 Å². The van der Waals surface area contributed by atoms with Crippen molar-refractivity contribution < 1.29 is 33.2 Å². The molecular weight excluding hydrogens is 494 g/mol. The first-order valence-electron chi connectivity index (χ1n) is 12.5. The first-order valence-corrected chi connectivity index (χ1v) is 12.5. The SMILES string of the molecule is COc1cccc2[nH]c(C(=O)NC3CC(C)N(C(CC4CCNC4=O)C(=O)COc4cnoc4)C3=O)cc12. The van der Waals surface area contributed by atoms with Gasteiger partial charge in [-0.15, -0.1) is 0 Å². The Morgan fingerprint density at radius 3 is 2.87 bits per heavy atom. The minimum atomic E-state index is -0.884. The number of ether oxygens (including phenoxy) is 2. The van der Waals surface area contributed by atoms with Crippen molar-refractivity contribution in [2.75, 3.05) is 20.3 Å². The van der Waals surface area contributed by atoms with Gasteiger partial charge in [0.25, 0.3) is 5.91 Å². The fourth-order valence-electron chi connectivity index (χ4n) is 5.25. The highest BCUT2D eigenvalue weighted by molar-refractivity contribution is 6.02. The molecule has 5 rings (SSSR count). The molecule has 1 aromatic carbocycles. The largest absolute Gasteiger partial charge is 0.496 e. The number of carbonyl (C=O) groups is 4. The number of nitrogens with one attached hydrogen (secondary N) is 3. The summed E-state index contributed by atoms with van der Waals surface area (Å²) in [5.41, 5.74) is 1.02. The Kier molecular flexibility index (Phi) is 7.03. The Morgan fingerprint density at radius 1 is 1.32 bits per heavy atom. The summed E-state index contributed by atoms with van der Waals surface area (Å²) >= 11 is 0. The third-order valence-corrected chi connectivity index (χ3v) is 7.17. The molecule has 3 amide bonds. The number of fused-ring (bicyclic) bond motifs is 1. The van der Waals surface area contributed by atoms with Gasteiger partial charge in [0, 0.05) is 29.4 Å². The number of hydrogen-bond acceptors (Lipinski definition) is 8. The fourth-order valence-corrected chi connectivity index (χ4v) is 5.25. The zero-order valence-electron chi connectivity index (χ0n) is 21.1. The average Bonchev–Trinajstić information content (AvgIpc) is 3.70. The van der Waals surface area contributed by atoms with Crippen LogP contribution in [-0.2, 0) is 14.4 Å². The molecule has 0 radical (unpaired) electrons. The normalized spacial score (nSPS) is 21.9. The van der Waals surface area contributed by atoms with Crippen molar-refractivity contribution in [3.05, 3.63) is 42.4 Å². The number of aromatic nitrogens is 2. The first kappa shape index (κ1) is 25.3. The number of amides is 3. The molecule has 2 fully saturated rings. The molecule has 4 heterocycles. The van der Waals surface area contributed by atoms with Crippen molar-refractivity contribution in [3.63, 3.8) is 0 Å². The summed E-state index contributed by atoms with van der Waals surface area (Å²) in [5.74, 6) is -0.779. The number of likely N-dealkylation sites (tertiary alicyclic amines) is 1. The van der Waals surface area contributed by atoms with E-state index in [1.165, 1.54) is 17.4 Å². The quantitative estimate of drug-likeness (QED) is 0.360. The van der Waals surface area contributed by atoms with Crippen LogP contribution >= 0.6 is 0 Å². The van der Waals surface area contributed by atoms with Gasteiger partial charge in [0.1, 0.15) is 30.3 Å². The minimum absolute atomic E-state index is 0.138. The summed E-state index contributed by atoms with van der Waals surface area (Å²) in [7, 11) is 1.55. The maximum Gasteiger partial charge on any atom is 0.268 e. The second-order valence-corrected chi connectivity index (χ2v) is 9.60. The predicted octanol–water partition coefficient (Wildman–Crippen LogP) is 1.43. The van der Waals surface area contributed by atoms with Crippen molar-refractivity contribution in [3.8, 4) is 11.5 Å². The second-order valence-electron chi connectivity index (χ2n) is 9.60. The van der Waals surface area contributed by atoms with E-state index in [0.29, 0.717) is 30.8 Å². The number of aromatic amines is 1. The summed E-state index contributed by atoms with van der Waals surface area (Å²) < 4.78 is 15.6. The van der Waals surface area contributed by atoms with Gasteiger partial charge in [-0.25, -0.2) is 0 Å². The van der Waals surface area contributed by atoms with Crippen molar-refractivity contribution in [1.29, 1.82) is 0 Å². The number of methoxy groups -OCH3 is 1. The van der Waals surface area contributed by atoms with Crippen LogP contribution in [0.2, 0.25) is 0 Å². The zero-order valence-corrected chi connectivity index (χ0v) is 21.1. The molecule has 4 unspecified atom stereocenters. The fraction of sp³-hybridized carbons (Fsp3) is 0.423. The van der Waals surface area contributed by atoms with Crippen molar-refractivity contribution >= 4 is 34.4 Å². The van der Waals surface area contributed by atoms with E-state index in [-0.39, 0.29) is 42.4 Å². The van der Waals surface area contributed by atoms with Gasteiger partial charge in [-0.05, 0) is 44.4 Å². The van der Waals surface area contributed by atoms with Gasteiger partial charge in [-0.1, -0.05) is 11.2 Å².